The molecule has 0 spiro atoms. The number of benzene rings is 2. The lowest BCUT2D eigenvalue weighted by molar-refractivity contribution is -0.127. The number of tetrazole rings is 1. The highest BCUT2D eigenvalue weighted by Crippen LogP contribution is 2.19. The molecule has 180 valence electrons. The summed E-state index contributed by atoms with van der Waals surface area (Å²) in [6.45, 7) is 5.98. The molecular formula is C25H27ClN8O. The number of nitrogens with zero attached hydrogens (tertiary/aromatic N) is 8. The van der Waals surface area contributed by atoms with Gasteiger partial charge in [-0.1, -0.05) is 29.8 Å². The summed E-state index contributed by atoms with van der Waals surface area (Å²) in [7, 11) is 2.06. The SMILES string of the molecule is Cc1nnn(Cc2cc(Cl)ccc2C=CC(=O)N2CCN(Cc3nc4ccccc4n3C)CC2)n1. The van der Waals surface area contributed by atoms with E-state index in [0.717, 1.165) is 47.6 Å². The van der Waals surface area contributed by atoms with E-state index in [9.17, 15) is 4.79 Å². The molecule has 0 unspecified atom stereocenters. The van der Waals surface area contributed by atoms with Crippen molar-refractivity contribution in [3.05, 3.63) is 76.3 Å². The fraction of sp³-hybridized carbons (Fsp3) is 0.320. The van der Waals surface area contributed by atoms with Crippen LogP contribution in [0.3, 0.4) is 0 Å². The Morgan fingerprint density at radius 3 is 2.63 bits per heavy atom. The van der Waals surface area contributed by atoms with Crippen LogP contribution in [0.1, 0.15) is 22.8 Å². The van der Waals surface area contributed by atoms with Gasteiger partial charge in [-0.15, -0.1) is 10.2 Å². The first-order chi connectivity index (χ1) is 17.0. The topological polar surface area (TPSA) is 85.0 Å². The van der Waals surface area contributed by atoms with E-state index >= 15 is 0 Å². The molecule has 1 aliphatic rings. The van der Waals surface area contributed by atoms with E-state index in [1.165, 1.54) is 4.80 Å². The number of hydrogen-bond donors (Lipinski definition) is 0. The number of hydrogen-bond acceptors (Lipinski definition) is 6. The summed E-state index contributed by atoms with van der Waals surface area (Å²) < 4.78 is 2.15. The van der Waals surface area contributed by atoms with Crippen LogP contribution in [-0.2, 0) is 24.9 Å². The van der Waals surface area contributed by atoms with Crippen LogP contribution in [0.5, 0.6) is 0 Å². The zero-order valence-corrected chi connectivity index (χ0v) is 20.6. The van der Waals surface area contributed by atoms with Crippen LogP contribution in [0.2, 0.25) is 5.02 Å². The van der Waals surface area contributed by atoms with Gasteiger partial charge in [0.15, 0.2) is 5.82 Å². The zero-order chi connectivity index (χ0) is 24.4. The molecule has 4 aromatic rings. The third-order valence-corrected chi connectivity index (χ3v) is 6.54. The van der Waals surface area contributed by atoms with E-state index in [2.05, 4.69) is 38.0 Å². The van der Waals surface area contributed by atoms with Gasteiger partial charge in [0, 0.05) is 44.3 Å². The lowest BCUT2D eigenvalue weighted by Crippen LogP contribution is -2.48. The number of piperazine rings is 1. The number of aryl methyl sites for hydroxylation is 2. The van der Waals surface area contributed by atoms with Crippen molar-refractivity contribution >= 4 is 34.6 Å². The molecule has 5 rings (SSSR count). The number of rotatable bonds is 6. The summed E-state index contributed by atoms with van der Waals surface area (Å²) in [5.41, 5.74) is 3.97. The first-order valence-corrected chi connectivity index (χ1v) is 12.0. The van der Waals surface area contributed by atoms with Crippen LogP contribution in [0, 0.1) is 6.92 Å². The number of imidazole rings is 1. The van der Waals surface area contributed by atoms with Crippen LogP contribution in [0.25, 0.3) is 17.1 Å². The highest BCUT2D eigenvalue weighted by molar-refractivity contribution is 6.30. The van der Waals surface area contributed by atoms with E-state index in [0.29, 0.717) is 30.5 Å². The normalized spacial score (nSPS) is 14.9. The van der Waals surface area contributed by atoms with Crippen LogP contribution < -0.4 is 0 Å². The number of para-hydroxylation sites is 2. The van der Waals surface area contributed by atoms with Gasteiger partial charge in [0.25, 0.3) is 0 Å². The largest absolute Gasteiger partial charge is 0.337 e. The van der Waals surface area contributed by atoms with Crippen LogP contribution >= 0.6 is 11.6 Å². The molecule has 1 saturated heterocycles. The minimum Gasteiger partial charge on any atom is -0.337 e. The second kappa shape index (κ2) is 9.97. The number of carbonyl (C=O) groups is 1. The van der Waals surface area contributed by atoms with Crippen LogP contribution in [0.4, 0.5) is 0 Å². The number of halogens is 1. The van der Waals surface area contributed by atoms with E-state index in [-0.39, 0.29) is 5.91 Å². The Morgan fingerprint density at radius 1 is 1.09 bits per heavy atom. The number of aromatic nitrogens is 6. The lowest BCUT2D eigenvalue weighted by atomic mass is 10.1. The van der Waals surface area contributed by atoms with Crippen molar-refractivity contribution in [2.75, 3.05) is 26.2 Å². The summed E-state index contributed by atoms with van der Waals surface area (Å²) in [5.74, 6) is 1.65. The Kier molecular flexibility index (Phi) is 6.61. The fourth-order valence-corrected chi connectivity index (χ4v) is 4.54. The van der Waals surface area contributed by atoms with Crippen molar-refractivity contribution in [2.24, 2.45) is 7.05 Å². The third kappa shape index (κ3) is 5.26. The van der Waals surface area contributed by atoms with Gasteiger partial charge in [0.1, 0.15) is 5.82 Å². The van der Waals surface area contributed by atoms with Crippen molar-refractivity contribution in [1.29, 1.82) is 0 Å². The second-order valence-electron chi connectivity index (χ2n) is 8.72. The Bertz CT molecular complexity index is 1380. The van der Waals surface area contributed by atoms with Crippen molar-refractivity contribution in [2.45, 2.75) is 20.0 Å². The molecule has 0 atom stereocenters. The molecule has 0 radical (unpaired) electrons. The van der Waals surface area contributed by atoms with Gasteiger partial charge in [-0.05, 0) is 53.6 Å². The molecule has 0 aliphatic carbocycles. The molecule has 2 aromatic heterocycles. The Hall–Kier alpha value is -3.56. The molecular weight excluding hydrogens is 464 g/mol. The van der Waals surface area contributed by atoms with Gasteiger partial charge in [0.2, 0.25) is 5.91 Å². The average molecular weight is 491 g/mol. The molecule has 3 heterocycles. The minimum atomic E-state index is 0.00278. The molecule has 10 heteroatoms. The average Bonchev–Trinajstić information content (AvgIpc) is 3.41. The quantitative estimate of drug-likeness (QED) is 0.386. The number of fused-ring (bicyclic) bond motifs is 1. The van der Waals surface area contributed by atoms with Crippen LogP contribution in [0.15, 0.2) is 48.5 Å². The smallest absolute Gasteiger partial charge is 0.246 e. The molecule has 2 aromatic carbocycles. The fourth-order valence-electron chi connectivity index (χ4n) is 4.35. The molecule has 1 fully saturated rings. The second-order valence-corrected chi connectivity index (χ2v) is 9.16. The van der Waals surface area contributed by atoms with E-state index in [4.69, 9.17) is 16.6 Å². The summed E-state index contributed by atoms with van der Waals surface area (Å²) >= 11 is 6.20. The summed E-state index contributed by atoms with van der Waals surface area (Å²) in [5, 5.41) is 12.8. The highest BCUT2D eigenvalue weighted by atomic mass is 35.5. The molecule has 9 nitrogen and oxygen atoms in total. The van der Waals surface area contributed by atoms with Crippen molar-refractivity contribution in [3.8, 4) is 0 Å². The van der Waals surface area contributed by atoms with E-state index in [1.807, 2.05) is 47.4 Å². The van der Waals surface area contributed by atoms with Gasteiger partial charge in [-0.25, -0.2) is 4.98 Å². The number of amides is 1. The third-order valence-electron chi connectivity index (χ3n) is 6.30. The van der Waals surface area contributed by atoms with E-state index < -0.39 is 0 Å². The number of carbonyl (C=O) groups excluding carboxylic acids is 1. The highest BCUT2D eigenvalue weighted by Gasteiger charge is 2.21. The monoisotopic (exact) mass is 490 g/mol. The van der Waals surface area contributed by atoms with Gasteiger partial charge in [-0.3, -0.25) is 9.69 Å². The lowest BCUT2D eigenvalue weighted by Gasteiger charge is -2.34. The van der Waals surface area contributed by atoms with Crippen LogP contribution in [-0.4, -0.2) is 71.6 Å². The Morgan fingerprint density at radius 2 is 1.89 bits per heavy atom. The molecule has 0 saturated carbocycles. The van der Waals surface area contributed by atoms with Gasteiger partial charge >= 0.3 is 0 Å². The van der Waals surface area contributed by atoms with Crippen molar-refractivity contribution < 1.29 is 4.79 Å². The van der Waals surface area contributed by atoms with Gasteiger partial charge in [0.05, 0.1) is 24.1 Å². The van der Waals surface area contributed by atoms with Gasteiger partial charge < -0.3 is 9.47 Å². The summed E-state index contributed by atoms with van der Waals surface area (Å²) in [6.07, 6.45) is 3.47. The molecule has 1 aliphatic heterocycles. The van der Waals surface area contributed by atoms with Gasteiger partial charge in [-0.2, -0.15) is 4.80 Å². The first kappa shape index (κ1) is 23.2. The zero-order valence-electron chi connectivity index (χ0n) is 19.8. The van der Waals surface area contributed by atoms with E-state index in [1.54, 1.807) is 13.0 Å². The molecule has 0 bridgehead atoms. The Balaban J connectivity index is 1.20. The molecule has 35 heavy (non-hydrogen) atoms. The summed E-state index contributed by atoms with van der Waals surface area (Å²) in [4.78, 5) is 23.4. The maximum atomic E-state index is 12.9. The predicted molar refractivity (Wildman–Crippen MR) is 135 cm³/mol. The molecule has 0 N–H and O–H groups in total. The van der Waals surface area contributed by atoms with Crippen molar-refractivity contribution in [1.82, 2.24) is 39.6 Å². The Labute approximate surface area is 208 Å². The maximum Gasteiger partial charge on any atom is 0.246 e. The first-order valence-electron chi connectivity index (χ1n) is 11.6. The van der Waals surface area contributed by atoms with Crippen molar-refractivity contribution in [3.63, 3.8) is 0 Å². The standard InChI is InChI=1S/C25H27ClN8O/c1-18-28-30-34(29-18)16-20-15-21(26)9-7-19(20)8-10-25(35)33-13-11-32(12-14-33)17-24-27-22-5-3-4-6-23(22)31(24)2/h3-10,15H,11-14,16-17H2,1-2H3. The molecule has 1 amide bonds. The maximum absolute atomic E-state index is 12.9. The summed E-state index contributed by atoms with van der Waals surface area (Å²) in [6, 6.07) is 13.8. The predicted octanol–water partition coefficient (Wildman–Crippen LogP) is 2.93. The minimum absolute atomic E-state index is 0.00278.